The van der Waals surface area contributed by atoms with Crippen molar-refractivity contribution in [3.63, 3.8) is 0 Å². The molecule has 0 spiro atoms. The van der Waals surface area contributed by atoms with E-state index in [4.69, 9.17) is 4.74 Å². The monoisotopic (exact) mass is 213 g/mol. The third-order valence-electron chi connectivity index (χ3n) is 2.65. The molecule has 0 fully saturated rings. The number of hydrogen-bond donors (Lipinski definition) is 0. The number of nitrogens with zero attached hydrogens (tertiary/aromatic N) is 1. The number of aromatic nitrogens is 1. The lowest BCUT2D eigenvalue weighted by molar-refractivity contribution is 0.399. The number of rotatable bonds is 3. The van der Waals surface area contributed by atoms with Crippen LogP contribution in [0.3, 0.4) is 0 Å². The van der Waals surface area contributed by atoms with Crippen LogP contribution in [-0.4, -0.2) is 12.1 Å². The molecule has 2 rings (SSSR count). The molecule has 16 heavy (non-hydrogen) atoms. The average Bonchev–Trinajstić information content (AvgIpc) is 2.38. The molecule has 0 saturated carbocycles. The number of hydrogen-bond acceptors (Lipinski definition) is 2. The summed E-state index contributed by atoms with van der Waals surface area (Å²) in [4.78, 5) is 4.23. The summed E-state index contributed by atoms with van der Waals surface area (Å²) >= 11 is 0. The Morgan fingerprint density at radius 1 is 1.06 bits per heavy atom. The smallest absolute Gasteiger partial charge is 0.221 e. The molecule has 0 amide bonds. The maximum Gasteiger partial charge on any atom is 0.221 e. The van der Waals surface area contributed by atoms with E-state index in [1.165, 1.54) is 11.1 Å². The lowest BCUT2D eigenvalue weighted by atomic mass is 9.99. The highest BCUT2D eigenvalue weighted by molar-refractivity contribution is 5.71. The van der Waals surface area contributed by atoms with E-state index >= 15 is 0 Å². The Bertz CT molecular complexity index is 434. The second-order valence-electron chi connectivity index (χ2n) is 3.57. The number of methoxy groups -OCH3 is 1. The van der Waals surface area contributed by atoms with Gasteiger partial charge in [-0.15, -0.1) is 0 Å². The number of aryl methyl sites for hydroxylation is 1. The molecule has 0 saturated heterocycles. The third kappa shape index (κ3) is 1.91. The summed E-state index contributed by atoms with van der Waals surface area (Å²) in [7, 11) is 1.65. The molecular weight excluding hydrogens is 198 g/mol. The molecule has 0 bridgehead atoms. The van der Waals surface area contributed by atoms with Crippen molar-refractivity contribution in [2.45, 2.75) is 13.3 Å². The Kier molecular flexibility index (Phi) is 3.20. The largest absolute Gasteiger partial charge is 0.481 e. The first-order chi connectivity index (χ1) is 7.86. The van der Waals surface area contributed by atoms with E-state index in [0.29, 0.717) is 5.88 Å². The van der Waals surface area contributed by atoms with Crippen LogP contribution in [0.1, 0.15) is 12.5 Å². The van der Waals surface area contributed by atoms with Gasteiger partial charge in [-0.25, -0.2) is 4.98 Å². The minimum atomic E-state index is 0.684. The molecule has 0 N–H and O–H groups in total. The van der Waals surface area contributed by atoms with E-state index in [0.717, 1.165) is 12.0 Å². The quantitative estimate of drug-likeness (QED) is 0.780. The molecule has 82 valence electrons. The highest BCUT2D eigenvalue weighted by atomic mass is 16.5. The van der Waals surface area contributed by atoms with E-state index in [-0.39, 0.29) is 0 Å². The van der Waals surface area contributed by atoms with E-state index in [1.807, 2.05) is 18.2 Å². The first-order valence-corrected chi connectivity index (χ1v) is 5.44. The van der Waals surface area contributed by atoms with Gasteiger partial charge in [-0.3, -0.25) is 0 Å². The van der Waals surface area contributed by atoms with Crippen LogP contribution in [-0.2, 0) is 6.42 Å². The SMILES string of the molecule is CCc1ccccc1-c1cccnc1OC. The molecule has 0 radical (unpaired) electrons. The fraction of sp³-hybridized carbons (Fsp3) is 0.214. The molecule has 2 heteroatoms. The van der Waals surface area contributed by atoms with Crippen LogP contribution in [0.25, 0.3) is 11.1 Å². The van der Waals surface area contributed by atoms with Gasteiger partial charge >= 0.3 is 0 Å². The predicted molar refractivity (Wildman–Crippen MR) is 65.6 cm³/mol. The maximum absolute atomic E-state index is 5.29. The zero-order valence-corrected chi connectivity index (χ0v) is 9.60. The Labute approximate surface area is 95.9 Å². The van der Waals surface area contributed by atoms with Gasteiger partial charge in [0.15, 0.2) is 0 Å². The Morgan fingerprint density at radius 3 is 2.56 bits per heavy atom. The average molecular weight is 213 g/mol. The minimum Gasteiger partial charge on any atom is -0.481 e. The van der Waals surface area contributed by atoms with Gasteiger partial charge < -0.3 is 4.74 Å². The van der Waals surface area contributed by atoms with Crippen LogP contribution in [0, 0.1) is 0 Å². The van der Waals surface area contributed by atoms with Crippen molar-refractivity contribution in [2.75, 3.05) is 7.11 Å². The fourth-order valence-electron chi connectivity index (χ4n) is 1.85. The predicted octanol–water partition coefficient (Wildman–Crippen LogP) is 3.32. The zero-order valence-electron chi connectivity index (χ0n) is 9.60. The van der Waals surface area contributed by atoms with Gasteiger partial charge in [0.1, 0.15) is 0 Å². The van der Waals surface area contributed by atoms with Gasteiger partial charge in [-0.05, 0) is 29.7 Å². The first-order valence-electron chi connectivity index (χ1n) is 5.44. The summed E-state index contributed by atoms with van der Waals surface area (Å²) in [5.74, 6) is 0.684. The van der Waals surface area contributed by atoms with E-state index in [9.17, 15) is 0 Å². The van der Waals surface area contributed by atoms with Crippen molar-refractivity contribution >= 4 is 0 Å². The molecule has 1 aromatic carbocycles. The molecule has 1 aromatic heterocycles. The molecule has 0 aliphatic carbocycles. The normalized spacial score (nSPS) is 10.1. The minimum absolute atomic E-state index is 0.684. The van der Waals surface area contributed by atoms with Crippen molar-refractivity contribution in [3.05, 3.63) is 48.2 Å². The summed E-state index contributed by atoms with van der Waals surface area (Å²) in [6, 6.07) is 12.3. The van der Waals surface area contributed by atoms with Gasteiger partial charge in [0.25, 0.3) is 0 Å². The Balaban J connectivity index is 2.58. The van der Waals surface area contributed by atoms with Gasteiger partial charge in [0.2, 0.25) is 5.88 Å². The maximum atomic E-state index is 5.29. The number of ether oxygens (including phenoxy) is 1. The van der Waals surface area contributed by atoms with E-state index in [1.54, 1.807) is 13.3 Å². The van der Waals surface area contributed by atoms with Gasteiger partial charge in [-0.2, -0.15) is 0 Å². The highest BCUT2D eigenvalue weighted by Crippen LogP contribution is 2.30. The summed E-state index contributed by atoms with van der Waals surface area (Å²) in [6.45, 7) is 2.15. The van der Waals surface area contributed by atoms with Crippen molar-refractivity contribution in [1.29, 1.82) is 0 Å². The van der Waals surface area contributed by atoms with Crippen molar-refractivity contribution in [3.8, 4) is 17.0 Å². The Hall–Kier alpha value is -1.83. The molecule has 0 atom stereocenters. The summed E-state index contributed by atoms with van der Waals surface area (Å²) in [5.41, 5.74) is 3.58. The number of pyridine rings is 1. The lowest BCUT2D eigenvalue weighted by Gasteiger charge is -2.10. The molecule has 0 aliphatic heterocycles. The fourth-order valence-corrected chi connectivity index (χ4v) is 1.85. The van der Waals surface area contributed by atoms with Crippen LogP contribution in [0.4, 0.5) is 0 Å². The topological polar surface area (TPSA) is 22.1 Å². The van der Waals surface area contributed by atoms with Crippen LogP contribution in [0.2, 0.25) is 0 Å². The second-order valence-corrected chi connectivity index (χ2v) is 3.57. The third-order valence-corrected chi connectivity index (χ3v) is 2.65. The highest BCUT2D eigenvalue weighted by Gasteiger charge is 2.08. The zero-order chi connectivity index (χ0) is 11.4. The van der Waals surface area contributed by atoms with Crippen LogP contribution in [0.5, 0.6) is 5.88 Å². The molecular formula is C14H15NO. The molecule has 2 nitrogen and oxygen atoms in total. The van der Waals surface area contributed by atoms with E-state index < -0.39 is 0 Å². The molecule has 1 heterocycles. The van der Waals surface area contributed by atoms with Crippen LogP contribution in [0.15, 0.2) is 42.6 Å². The molecule has 0 unspecified atom stereocenters. The van der Waals surface area contributed by atoms with Crippen LogP contribution >= 0.6 is 0 Å². The van der Waals surface area contributed by atoms with Crippen molar-refractivity contribution < 1.29 is 4.74 Å². The van der Waals surface area contributed by atoms with Gasteiger partial charge in [0.05, 0.1) is 7.11 Å². The van der Waals surface area contributed by atoms with Gasteiger partial charge in [-0.1, -0.05) is 31.2 Å². The number of benzene rings is 1. The van der Waals surface area contributed by atoms with Crippen LogP contribution < -0.4 is 4.74 Å². The summed E-state index contributed by atoms with van der Waals surface area (Å²) in [5, 5.41) is 0. The van der Waals surface area contributed by atoms with E-state index in [2.05, 4.69) is 30.1 Å². The summed E-state index contributed by atoms with van der Waals surface area (Å²) < 4.78 is 5.29. The lowest BCUT2D eigenvalue weighted by Crippen LogP contribution is -1.93. The second kappa shape index (κ2) is 4.79. The first kappa shape index (κ1) is 10.7. The van der Waals surface area contributed by atoms with Crippen molar-refractivity contribution in [2.24, 2.45) is 0 Å². The van der Waals surface area contributed by atoms with Crippen molar-refractivity contribution in [1.82, 2.24) is 4.98 Å². The molecule has 2 aromatic rings. The molecule has 0 aliphatic rings. The summed E-state index contributed by atoms with van der Waals surface area (Å²) in [6.07, 6.45) is 2.76. The standard InChI is InChI=1S/C14H15NO/c1-3-11-7-4-5-8-12(11)13-9-6-10-15-14(13)16-2/h4-10H,3H2,1-2H3. The van der Waals surface area contributed by atoms with Gasteiger partial charge in [0, 0.05) is 11.8 Å². The Morgan fingerprint density at radius 2 is 1.81 bits per heavy atom.